The third kappa shape index (κ3) is 4.00. The number of esters is 1. The van der Waals surface area contributed by atoms with Gasteiger partial charge in [-0.2, -0.15) is 0 Å². The summed E-state index contributed by atoms with van der Waals surface area (Å²) in [6.45, 7) is 3.71. The molecule has 2 heterocycles. The lowest BCUT2D eigenvalue weighted by Gasteiger charge is -2.20. The molecule has 0 radical (unpaired) electrons. The molecule has 1 aliphatic rings. The topological polar surface area (TPSA) is 123 Å². The molecular formula is C24H20N2O7. The Bertz CT molecular complexity index is 1320. The summed E-state index contributed by atoms with van der Waals surface area (Å²) in [6.07, 6.45) is 0.721. The monoisotopic (exact) mass is 448 g/mol. The largest absolute Gasteiger partial charge is 0.425 e. The first-order valence-electron chi connectivity index (χ1n) is 10.4. The zero-order chi connectivity index (χ0) is 23.7. The summed E-state index contributed by atoms with van der Waals surface area (Å²) in [7, 11) is 0. The van der Waals surface area contributed by atoms with E-state index in [1.807, 2.05) is 6.92 Å². The van der Waals surface area contributed by atoms with Gasteiger partial charge in [-0.25, -0.2) is 9.59 Å². The summed E-state index contributed by atoms with van der Waals surface area (Å²) in [5.74, 6) is -2.45. The van der Waals surface area contributed by atoms with E-state index in [1.165, 1.54) is 43.3 Å². The molecule has 0 bridgehead atoms. The number of nitrogens with zero attached hydrogens (tertiary/aromatic N) is 1. The fourth-order valence-corrected chi connectivity index (χ4v) is 3.51. The van der Waals surface area contributed by atoms with Gasteiger partial charge in [0.25, 0.3) is 17.7 Å². The van der Waals surface area contributed by atoms with E-state index >= 15 is 0 Å². The smallest absolute Gasteiger partial charge is 0.349 e. The van der Waals surface area contributed by atoms with Crippen molar-refractivity contribution in [2.75, 3.05) is 6.54 Å². The van der Waals surface area contributed by atoms with Gasteiger partial charge in [0.15, 0.2) is 0 Å². The summed E-state index contributed by atoms with van der Waals surface area (Å²) < 4.78 is 10.6. The number of carbonyl (C=O) groups excluding carboxylic acids is 4. The van der Waals surface area contributed by atoms with Gasteiger partial charge in [-0.3, -0.25) is 19.3 Å². The van der Waals surface area contributed by atoms with Gasteiger partial charge < -0.3 is 14.5 Å². The molecule has 0 spiro atoms. The van der Waals surface area contributed by atoms with Gasteiger partial charge in [0.05, 0.1) is 11.1 Å². The van der Waals surface area contributed by atoms with Crippen molar-refractivity contribution in [2.45, 2.75) is 26.3 Å². The zero-order valence-corrected chi connectivity index (χ0v) is 17.9. The Morgan fingerprint density at radius 2 is 1.70 bits per heavy atom. The lowest BCUT2D eigenvalue weighted by atomic mass is 10.1. The van der Waals surface area contributed by atoms with E-state index in [2.05, 4.69) is 5.32 Å². The number of hydrogen-bond acceptors (Lipinski definition) is 7. The van der Waals surface area contributed by atoms with Gasteiger partial charge >= 0.3 is 11.6 Å². The number of nitrogens with one attached hydrogen (secondary N) is 1. The SMILES string of the molecule is CCCNC(=O)c1cc2ccc(OC(=O)C(C)N3C(=O)c4ccccc4C3=O)cc2oc1=O. The minimum atomic E-state index is -1.18. The number of fused-ring (bicyclic) bond motifs is 2. The van der Waals surface area contributed by atoms with Crippen LogP contribution >= 0.6 is 0 Å². The molecule has 1 atom stereocenters. The van der Waals surface area contributed by atoms with Gasteiger partial charge in [-0.1, -0.05) is 19.1 Å². The normalized spacial score (nSPS) is 13.7. The lowest BCUT2D eigenvalue weighted by Crippen LogP contribution is -2.44. The average molecular weight is 448 g/mol. The van der Waals surface area contributed by atoms with Crippen LogP contribution in [0.25, 0.3) is 11.0 Å². The highest BCUT2D eigenvalue weighted by atomic mass is 16.5. The predicted molar refractivity (Wildman–Crippen MR) is 117 cm³/mol. The first-order chi connectivity index (χ1) is 15.8. The van der Waals surface area contributed by atoms with Crippen LogP contribution in [-0.2, 0) is 4.79 Å². The highest BCUT2D eigenvalue weighted by Crippen LogP contribution is 2.26. The van der Waals surface area contributed by atoms with E-state index in [-0.39, 0.29) is 28.0 Å². The maximum Gasteiger partial charge on any atom is 0.349 e. The molecule has 1 N–H and O–H groups in total. The minimum Gasteiger partial charge on any atom is -0.425 e. The Morgan fingerprint density at radius 1 is 1.03 bits per heavy atom. The third-order valence-corrected chi connectivity index (χ3v) is 5.26. The Kier molecular flexibility index (Phi) is 5.78. The Morgan fingerprint density at radius 3 is 2.33 bits per heavy atom. The van der Waals surface area contributed by atoms with Crippen LogP contribution in [0.15, 0.2) is 57.7 Å². The van der Waals surface area contributed by atoms with Crippen LogP contribution in [0.4, 0.5) is 0 Å². The van der Waals surface area contributed by atoms with E-state index in [4.69, 9.17) is 9.15 Å². The lowest BCUT2D eigenvalue weighted by molar-refractivity contribution is -0.138. The van der Waals surface area contributed by atoms with Gasteiger partial charge in [-0.05, 0) is 43.7 Å². The Labute approximate surface area is 187 Å². The van der Waals surface area contributed by atoms with Crippen LogP contribution in [0.1, 0.15) is 51.3 Å². The first-order valence-corrected chi connectivity index (χ1v) is 10.4. The maximum atomic E-state index is 12.7. The summed E-state index contributed by atoms with van der Waals surface area (Å²) in [5.41, 5.74) is -0.369. The van der Waals surface area contributed by atoms with E-state index in [0.29, 0.717) is 11.9 Å². The number of hydrogen-bond donors (Lipinski definition) is 1. The molecule has 0 fully saturated rings. The highest BCUT2D eigenvalue weighted by Gasteiger charge is 2.41. The van der Waals surface area contributed by atoms with Crippen molar-refractivity contribution >= 4 is 34.7 Å². The molecule has 3 aromatic rings. The average Bonchev–Trinajstić information content (AvgIpc) is 3.06. The van der Waals surface area contributed by atoms with Crippen LogP contribution in [0, 0.1) is 0 Å². The fraction of sp³-hybridized carbons (Fsp3) is 0.208. The number of imide groups is 1. The zero-order valence-electron chi connectivity index (χ0n) is 17.9. The molecule has 33 heavy (non-hydrogen) atoms. The molecule has 168 valence electrons. The number of ether oxygens (including phenoxy) is 1. The fourth-order valence-electron chi connectivity index (χ4n) is 3.51. The number of benzene rings is 2. The number of rotatable bonds is 6. The maximum absolute atomic E-state index is 12.7. The summed E-state index contributed by atoms with van der Waals surface area (Å²) in [5, 5.41) is 3.08. The van der Waals surface area contributed by atoms with Crippen molar-refractivity contribution in [2.24, 2.45) is 0 Å². The molecule has 4 rings (SSSR count). The quantitative estimate of drug-likeness (QED) is 0.266. The first kappa shape index (κ1) is 21.9. The van der Waals surface area contributed by atoms with Crippen molar-refractivity contribution in [1.29, 1.82) is 0 Å². The van der Waals surface area contributed by atoms with E-state index < -0.39 is 35.4 Å². The van der Waals surface area contributed by atoms with Crippen LogP contribution in [-0.4, -0.2) is 41.2 Å². The van der Waals surface area contributed by atoms with E-state index in [0.717, 1.165) is 11.3 Å². The Balaban J connectivity index is 1.53. The molecule has 1 aromatic heterocycles. The van der Waals surface area contributed by atoms with Crippen LogP contribution < -0.4 is 15.7 Å². The van der Waals surface area contributed by atoms with E-state index in [9.17, 15) is 24.0 Å². The van der Waals surface area contributed by atoms with Crippen molar-refractivity contribution in [3.63, 3.8) is 0 Å². The van der Waals surface area contributed by atoms with Crippen LogP contribution in [0.3, 0.4) is 0 Å². The molecule has 1 aliphatic heterocycles. The third-order valence-electron chi connectivity index (χ3n) is 5.26. The van der Waals surface area contributed by atoms with Crippen molar-refractivity contribution in [3.05, 3.63) is 75.6 Å². The van der Waals surface area contributed by atoms with Gasteiger partial charge in [0, 0.05) is 18.0 Å². The second-order valence-corrected chi connectivity index (χ2v) is 7.53. The second kappa shape index (κ2) is 8.70. The molecule has 0 aliphatic carbocycles. The van der Waals surface area contributed by atoms with Gasteiger partial charge in [-0.15, -0.1) is 0 Å². The molecule has 0 saturated heterocycles. The number of amides is 3. The van der Waals surface area contributed by atoms with E-state index in [1.54, 1.807) is 12.1 Å². The van der Waals surface area contributed by atoms with Crippen LogP contribution in [0.5, 0.6) is 5.75 Å². The molecule has 9 nitrogen and oxygen atoms in total. The van der Waals surface area contributed by atoms with Crippen LogP contribution in [0.2, 0.25) is 0 Å². The van der Waals surface area contributed by atoms with Crippen molar-refractivity contribution in [1.82, 2.24) is 10.2 Å². The minimum absolute atomic E-state index is 0.0577. The van der Waals surface area contributed by atoms with Crippen molar-refractivity contribution in [3.8, 4) is 5.75 Å². The summed E-state index contributed by atoms with van der Waals surface area (Å²) in [6, 6.07) is 10.9. The molecular weight excluding hydrogens is 428 g/mol. The summed E-state index contributed by atoms with van der Waals surface area (Å²) >= 11 is 0. The van der Waals surface area contributed by atoms with Gasteiger partial charge in [0.1, 0.15) is 22.9 Å². The molecule has 9 heteroatoms. The molecule has 1 unspecified atom stereocenters. The van der Waals surface area contributed by atoms with Gasteiger partial charge in [0.2, 0.25) is 0 Å². The summed E-state index contributed by atoms with van der Waals surface area (Å²) in [4.78, 5) is 63.0. The second-order valence-electron chi connectivity index (χ2n) is 7.53. The number of carbonyl (C=O) groups is 4. The standard InChI is InChI=1S/C24H20N2O7/c1-3-10-25-20(27)18-11-14-8-9-15(12-19(14)33-24(18)31)32-23(30)13(2)26-21(28)16-6-4-5-7-17(16)22(26)29/h4-9,11-13H,3,10H2,1-2H3,(H,25,27). The predicted octanol–water partition coefficient (Wildman–Crippen LogP) is 2.52. The van der Waals surface area contributed by atoms with Crippen molar-refractivity contribution < 1.29 is 28.3 Å². The Hall–Kier alpha value is -4.27. The molecule has 0 saturated carbocycles. The molecule has 2 aromatic carbocycles. The highest BCUT2D eigenvalue weighted by molar-refractivity contribution is 6.22. The molecule has 3 amide bonds.